The molecule has 0 bridgehead atoms. The molecule has 1 saturated heterocycles. The highest BCUT2D eigenvalue weighted by Crippen LogP contribution is 2.30. The fraction of sp³-hybridized carbons (Fsp3) is 0.316. The molecule has 0 atom stereocenters. The van der Waals surface area contributed by atoms with Gasteiger partial charge in [0.25, 0.3) is 5.91 Å². The molecule has 1 heterocycles. The zero-order valence-corrected chi connectivity index (χ0v) is 17.3. The Kier molecular flexibility index (Phi) is 6.61. The zero-order chi connectivity index (χ0) is 20.1. The third-order valence-corrected chi connectivity index (χ3v) is 7.02. The molecule has 0 spiro atoms. The lowest BCUT2D eigenvalue weighted by atomic mass is 10.2. The predicted molar refractivity (Wildman–Crippen MR) is 109 cm³/mol. The molecule has 2 aromatic carbocycles. The Morgan fingerprint density at radius 2 is 1.82 bits per heavy atom. The maximum absolute atomic E-state index is 12.9. The lowest BCUT2D eigenvalue weighted by Gasteiger charge is -2.26. The number of benzene rings is 2. The van der Waals surface area contributed by atoms with Crippen LogP contribution in [0.1, 0.15) is 10.4 Å². The van der Waals surface area contributed by atoms with Crippen LogP contribution in [0.25, 0.3) is 0 Å². The van der Waals surface area contributed by atoms with Crippen molar-refractivity contribution in [2.45, 2.75) is 9.79 Å². The van der Waals surface area contributed by atoms with Crippen LogP contribution in [0.15, 0.2) is 52.3 Å². The van der Waals surface area contributed by atoms with Gasteiger partial charge in [-0.1, -0.05) is 0 Å². The standard InChI is InChI=1S/C19H22N2O5S2/c1-25-18-8-7-16(28(23,24)21-9-11-26-12-10-21)13-17(18)20-19(22)14-3-5-15(27-2)6-4-14/h3-8,13H,9-12H2,1-2H3,(H,20,22). The summed E-state index contributed by atoms with van der Waals surface area (Å²) in [6.07, 6.45) is 1.96. The van der Waals surface area contributed by atoms with Gasteiger partial charge in [0, 0.05) is 23.5 Å². The lowest BCUT2D eigenvalue weighted by molar-refractivity contribution is 0.0730. The Hall–Kier alpha value is -2.07. The SMILES string of the molecule is COc1ccc(S(=O)(=O)N2CCOCC2)cc1NC(=O)c1ccc(SC)cc1. The number of carbonyl (C=O) groups is 1. The van der Waals surface area contributed by atoms with Gasteiger partial charge >= 0.3 is 0 Å². The predicted octanol–water partition coefficient (Wildman–Crippen LogP) is 2.69. The molecule has 9 heteroatoms. The van der Waals surface area contributed by atoms with Crippen LogP contribution in [0, 0.1) is 0 Å². The van der Waals surface area contributed by atoms with Crippen LogP contribution < -0.4 is 10.1 Å². The van der Waals surface area contributed by atoms with Crippen LogP contribution in [0.4, 0.5) is 5.69 Å². The number of amides is 1. The molecule has 1 aliphatic rings. The van der Waals surface area contributed by atoms with E-state index in [9.17, 15) is 13.2 Å². The Labute approximate surface area is 169 Å². The van der Waals surface area contributed by atoms with Crippen LogP contribution in [0.3, 0.4) is 0 Å². The summed E-state index contributed by atoms with van der Waals surface area (Å²) in [4.78, 5) is 13.7. The van der Waals surface area contributed by atoms with Crippen LogP contribution in [-0.2, 0) is 14.8 Å². The highest BCUT2D eigenvalue weighted by Gasteiger charge is 2.27. The number of hydrogen-bond donors (Lipinski definition) is 1. The Morgan fingerprint density at radius 1 is 1.14 bits per heavy atom. The van der Waals surface area contributed by atoms with Crippen molar-refractivity contribution in [2.75, 3.05) is 45.0 Å². The number of sulfonamides is 1. The van der Waals surface area contributed by atoms with E-state index in [1.807, 2.05) is 18.4 Å². The number of hydrogen-bond acceptors (Lipinski definition) is 6. The van der Waals surface area contributed by atoms with E-state index in [-0.39, 0.29) is 10.8 Å². The first kappa shape index (κ1) is 20.7. The maximum Gasteiger partial charge on any atom is 0.255 e. The fourth-order valence-corrected chi connectivity index (χ4v) is 4.66. The second-order valence-electron chi connectivity index (χ2n) is 6.06. The first-order valence-electron chi connectivity index (χ1n) is 8.67. The summed E-state index contributed by atoms with van der Waals surface area (Å²) in [6, 6.07) is 11.6. The van der Waals surface area contributed by atoms with Crippen molar-refractivity contribution >= 4 is 33.4 Å². The maximum atomic E-state index is 12.9. The lowest BCUT2D eigenvalue weighted by Crippen LogP contribution is -2.40. The molecule has 1 amide bonds. The van der Waals surface area contributed by atoms with Crippen molar-refractivity contribution in [3.63, 3.8) is 0 Å². The van der Waals surface area contributed by atoms with Gasteiger partial charge in [-0.25, -0.2) is 8.42 Å². The van der Waals surface area contributed by atoms with E-state index in [0.29, 0.717) is 43.3 Å². The van der Waals surface area contributed by atoms with Crippen molar-refractivity contribution in [1.82, 2.24) is 4.31 Å². The highest BCUT2D eigenvalue weighted by molar-refractivity contribution is 7.98. The van der Waals surface area contributed by atoms with Crippen LogP contribution in [-0.4, -0.2) is 58.3 Å². The summed E-state index contributed by atoms with van der Waals surface area (Å²) in [7, 11) is -2.21. The van der Waals surface area contributed by atoms with E-state index in [4.69, 9.17) is 9.47 Å². The number of nitrogens with zero attached hydrogens (tertiary/aromatic N) is 1. The highest BCUT2D eigenvalue weighted by atomic mass is 32.2. The molecule has 0 unspecified atom stereocenters. The number of morpholine rings is 1. The number of rotatable bonds is 6. The summed E-state index contributed by atoms with van der Waals surface area (Å²) >= 11 is 1.59. The van der Waals surface area contributed by atoms with E-state index in [0.717, 1.165) is 4.90 Å². The van der Waals surface area contributed by atoms with E-state index < -0.39 is 10.0 Å². The first-order chi connectivity index (χ1) is 13.5. The Morgan fingerprint density at radius 3 is 2.43 bits per heavy atom. The summed E-state index contributed by atoms with van der Waals surface area (Å²) in [5.41, 5.74) is 0.775. The molecule has 1 N–H and O–H groups in total. The average Bonchev–Trinajstić information content (AvgIpc) is 2.74. The molecule has 1 fully saturated rings. The number of nitrogens with one attached hydrogen (secondary N) is 1. The van der Waals surface area contributed by atoms with Crippen molar-refractivity contribution < 1.29 is 22.7 Å². The fourth-order valence-electron chi connectivity index (χ4n) is 2.82. The van der Waals surface area contributed by atoms with E-state index >= 15 is 0 Å². The van der Waals surface area contributed by atoms with Crippen LogP contribution in [0.2, 0.25) is 0 Å². The minimum atomic E-state index is -3.68. The third kappa shape index (κ3) is 4.49. The second-order valence-corrected chi connectivity index (χ2v) is 8.88. The molecule has 7 nitrogen and oxygen atoms in total. The zero-order valence-electron chi connectivity index (χ0n) is 15.7. The van der Waals surface area contributed by atoms with Crippen molar-refractivity contribution in [3.05, 3.63) is 48.0 Å². The quantitative estimate of drug-likeness (QED) is 0.721. The van der Waals surface area contributed by atoms with Crippen molar-refractivity contribution in [3.8, 4) is 5.75 Å². The first-order valence-corrected chi connectivity index (χ1v) is 11.3. The van der Waals surface area contributed by atoms with E-state index in [1.54, 1.807) is 30.0 Å². The molecule has 0 aliphatic carbocycles. The second kappa shape index (κ2) is 8.95. The molecule has 0 aromatic heterocycles. The summed E-state index contributed by atoms with van der Waals surface area (Å²) in [5, 5.41) is 2.75. The van der Waals surface area contributed by atoms with Gasteiger partial charge in [-0.3, -0.25) is 4.79 Å². The van der Waals surface area contributed by atoms with Gasteiger partial charge < -0.3 is 14.8 Å². The van der Waals surface area contributed by atoms with Gasteiger partial charge in [0.05, 0.1) is 30.9 Å². The van der Waals surface area contributed by atoms with Crippen LogP contribution >= 0.6 is 11.8 Å². The van der Waals surface area contributed by atoms with E-state index in [2.05, 4.69) is 5.32 Å². The van der Waals surface area contributed by atoms with Gasteiger partial charge in [-0.05, 0) is 48.7 Å². The normalized spacial score (nSPS) is 15.2. The number of thioether (sulfide) groups is 1. The number of methoxy groups -OCH3 is 1. The molecular formula is C19H22N2O5S2. The van der Waals surface area contributed by atoms with E-state index in [1.165, 1.54) is 23.5 Å². The molecule has 0 radical (unpaired) electrons. The summed E-state index contributed by atoms with van der Waals surface area (Å²) < 4.78 is 37.6. The monoisotopic (exact) mass is 422 g/mol. The molecule has 3 rings (SSSR count). The molecular weight excluding hydrogens is 400 g/mol. The topological polar surface area (TPSA) is 84.9 Å². The van der Waals surface area contributed by atoms with Crippen LogP contribution in [0.5, 0.6) is 5.75 Å². The summed E-state index contributed by atoms with van der Waals surface area (Å²) in [5.74, 6) is 0.0434. The molecule has 150 valence electrons. The van der Waals surface area contributed by atoms with Gasteiger partial charge in [-0.15, -0.1) is 11.8 Å². The van der Waals surface area contributed by atoms with Crippen molar-refractivity contribution in [1.29, 1.82) is 0 Å². The Balaban J connectivity index is 1.87. The number of carbonyl (C=O) groups excluding carboxylic acids is 1. The Bertz CT molecular complexity index is 939. The number of ether oxygens (including phenoxy) is 2. The van der Waals surface area contributed by atoms with Gasteiger partial charge in [0.1, 0.15) is 5.75 Å². The largest absolute Gasteiger partial charge is 0.495 e. The minimum absolute atomic E-state index is 0.100. The number of anilines is 1. The van der Waals surface area contributed by atoms with Crippen molar-refractivity contribution in [2.24, 2.45) is 0 Å². The molecule has 0 saturated carbocycles. The van der Waals surface area contributed by atoms with Gasteiger partial charge in [0.15, 0.2) is 0 Å². The summed E-state index contributed by atoms with van der Waals surface area (Å²) in [6.45, 7) is 1.34. The smallest absolute Gasteiger partial charge is 0.255 e. The average molecular weight is 423 g/mol. The van der Waals surface area contributed by atoms with Gasteiger partial charge in [-0.2, -0.15) is 4.31 Å². The minimum Gasteiger partial charge on any atom is -0.495 e. The van der Waals surface area contributed by atoms with Gasteiger partial charge in [0.2, 0.25) is 10.0 Å². The molecule has 1 aliphatic heterocycles. The molecule has 2 aromatic rings. The molecule has 28 heavy (non-hydrogen) atoms. The third-order valence-electron chi connectivity index (χ3n) is 4.38.